The van der Waals surface area contributed by atoms with E-state index in [0.29, 0.717) is 0 Å². The summed E-state index contributed by atoms with van der Waals surface area (Å²) in [5.74, 6) is 2.68. The first-order chi connectivity index (χ1) is 3.50. The molecule has 1 rings (SSSR count). The summed E-state index contributed by atoms with van der Waals surface area (Å²) < 4.78 is 0. The van der Waals surface area contributed by atoms with Gasteiger partial charge in [0.05, 0.1) is 0 Å². The molecule has 0 saturated carbocycles. The third kappa shape index (κ3) is 2.22. The van der Waals surface area contributed by atoms with E-state index < -0.39 is 0 Å². The van der Waals surface area contributed by atoms with Crippen LogP contribution in [0, 0.1) is 6.42 Å². The second-order valence-corrected chi connectivity index (χ2v) is 3.01. The maximum absolute atomic E-state index is 2.39. The molecule has 1 saturated heterocycles. The first kappa shape index (κ1) is 5.49. The van der Waals surface area contributed by atoms with Crippen molar-refractivity contribution in [2.24, 2.45) is 0 Å². The second-order valence-electron chi connectivity index (χ2n) is 1.86. The maximum Gasteiger partial charge on any atom is -0.00362 e. The molecule has 0 N–H and O–H groups in total. The molecule has 1 aliphatic rings. The quantitative estimate of drug-likeness (QED) is 0.466. The van der Waals surface area contributed by atoms with Gasteiger partial charge in [0.15, 0.2) is 0 Å². The first-order valence-corrected chi connectivity index (χ1v) is 4.05. The van der Waals surface area contributed by atoms with Crippen LogP contribution in [0.4, 0.5) is 0 Å². The molecule has 0 unspecified atom stereocenters. The van der Waals surface area contributed by atoms with Gasteiger partial charge in [0, 0.05) is 0 Å². The molecule has 0 amide bonds. The molecule has 0 aromatic carbocycles. The molecule has 0 atom stereocenters. The minimum absolute atomic E-state index is 1.29. The van der Waals surface area contributed by atoms with E-state index in [1.807, 2.05) is 0 Å². The molecule has 0 aromatic rings. The van der Waals surface area contributed by atoms with Crippen LogP contribution in [0.15, 0.2) is 0 Å². The summed E-state index contributed by atoms with van der Waals surface area (Å²) >= 11 is 2.06. The highest BCUT2D eigenvalue weighted by atomic mass is 32.2. The molecule has 1 heterocycles. The highest BCUT2D eigenvalue weighted by Gasteiger charge is 1.96. The van der Waals surface area contributed by atoms with Gasteiger partial charge in [-0.3, -0.25) is 0 Å². The zero-order valence-electron chi connectivity index (χ0n) is 4.52. The van der Waals surface area contributed by atoms with Gasteiger partial charge >= 0.3 is 0 Å². The van der Waals surface area contributed by atoms with E-state index in [4.69, 9.17) is 0 Å². The molecule has 0 bridgehead atoms. The molecule has 7 heavy (non-hydrogen) atoms. The summed E-state index contributed by atoms with van der Waals surface area (Å²) in [6.45, 7) is 0. The largest absolute Gasteiger partial charge is 0.162 e. The van der Waals surface area contributed by atoms with Gasteiger partial charge in [-0.05, 0) is 30.8 Å². The Morgan fingerprint density at radius 2 is 2.29 bits per heavy atom. The normalized spacial score (nSPS) is 24.0. The molecule has 1 aliphatic heterocycles. The monoisotopic (exact) mass is 115 g/mol. The van der Waals surface area contributed by atoms with E-state index in [9.17, 15) is 0 Å². The van der Waals surface area contributed by atoms with E-state index in [-0.39, 0.29) is 0 Å². The van der Waals surface area contributed by atoms with E-state index in [1.165, 1.54) is 30.8 Å². The average molecular weight is 115 g/mol. The van der Waals surface area contributed by atoms with Crippen molar-refractivity contribution in [2.75, 3.05) is 11.5 Å². The van der Waals surface area contributed by atoms with Gasteiger partial charge in [0.2, 0.25) is 0 Å². The highest BCUT2D eigenvalue weighted by molar-refractivity contribution is 7.99. The van der Waals surface area contributed by atoms with Gasteiger partial charge in [-0.1, -0.05) is 6.42 Å². The van der Waals surface area contributed by atoms with Crippen LogP contribution < -0.4 is 0 Å². The summed E-state index contributed by atoms with van der Waals surface area (Å²) in [6.07, 6.45) is 6.60. The van der Waals surface area contributed by atoms with Crippen molar-refractivity contribution >= 4 is 11.8 Å². The molecule has 0 aliphatic carbocycles. The molecule has 0 aromatic heterocycles. The van der Waals surface area contributed by atoms with E-state index in [1.54, 1.807) is 0 Å². The summed E-state index contributed by atoms with van der Waals surface area (Å²) in [5.41, 5.74) is 0. The van der Waals surface area contributed by atoms with E-state index in [2.05, 4.69) is 18.2 Å². The topological polar surface area (TPSA) is 0 Å². The smallest absolute Gasteiger partial charge is 0.00362 e. The standard InChI is InChI=1S/C6H11S/c1-2-4-6-7-5-3-1/h3H,1-2,4-6H2. The van der Waals surface area contributed by atoms with Crippen LogP contribution in [0.25, 0.3) is 0 Å². The predicted molar refractivity (Wildman–Crippen MR) is 35.5 cm³/mol. The van der Waals surface area contributed by atoms with Crippen molar-refractivity contribution in [1.82, 2.24) is 0 Å². The first-order valence-electron chi connectivity index (χ1n) is 2.89. The van der Waals surface area contributed by atoms with Gasteiger partial charge in [-0.2, -0.15) is 11.8 Å². The van der Waals surface area contributed by atoms with Crippen LogP contribution in [0.2, 0.25) is 0 Å². The molecule has 0 nitrogen and oxygen atoms in total. The number of hydrogen-bond donors (Lipinski definition) is 0. The molecule has 41 valence electrons. The van der Waals surface area contributed by atoms with Crippen LogP contribution in [0.3, 0.4) is 0 Å². The molecular formula is C6H11S. The Balaban J connectivity index is 2.04. The second kappa shape index (κ2) is 3.36. The van der Waals surface area contributed by atoms with Gasteiger partial charge in [-0.25, -0.2) is 0 Å². The maximum atomic E-state index is 2.39. The Morgan fingerprint density at radius 3 is 3.29 bits per heavy atom. The Morgan fingerprint density at radius 1 is 1.29 bits per heavy atom. The lowest BCUT2D eigenvalue weighted by molar-refractivity contribution is 0.805. The predicted octanol–water partition coefficient (Wildman–Crippen LogP) is 2.11. The third-order valence-corrected chi connectivity index (χ3v) is 2.23. The highest BCUT2D eigenvalue weighted by Crippen LogP contribution is 2.14. The summed E-state index contributed by atoms with van der Waals surface area (Å²) in [4.78, 5) is 0. The zero-order chi connectivity index (χ0) is 4.95. The Labute approximate surface area is 49.7 Å². The fourth-order valence-electron chi connectivity index (χ4n) is 0.743. The lowest BCUT2D eigenvalue weighted by Gasteiger charge is -1.86. The number of thioether (sulfide) groups is 1. The van der Waals surface area contributed by atoms with Gasteiger partial charge in [0.1, 0.15) is 0 Å². The molecule has 1 fully saturated rings. The Bertz CT molecular complexity index is 23.8. The van der Waals surface area contributed by atoms with Crippen molar-refractivity contribution in [3.05, 3.63) is 6.42 Å². The third-order valence-electron chi connectivity index (χ3n) is 1.18. The Kier molecular flexibility index (Phi) is 2.64. The summed E-state index contributed by atoms with van der Waals surface area (Å²) in [5, 5.41) is 0. The van der Waals surface area contributed by atoms with Crippen LogP contribution >= 0.6 is 11.8 Å². The fourth-order valence-corrected chi connectivity index (χ4v) is 1.65. The average Bonchev–Trinajstić information content (AvgIpc) is 1.90. The van der Waals surface area contributed by atoms with Crippen LogP contribution in [-0.4, -0.2) is 11.5 Å². The van der Waals surface area contributed by atoms with Crippen molar-refractivity contribution in [3.63, 3.8) is 0 Å². The van der Waals surface area contributed by atoms with Gasteiger partial charge < -0.3 is 0 Å². The van der Waals surface area contributed by atoms with E-state index in [0.717, 1.165) is 0 Å². The fraction of sp³-hybridized carbons (Fsp3) is 0.833. The van der Waals surface area contributed by atoms with Crippen LogP contribution in [-0.2, 0) is 0 Å². The van der Waals surface area contributed by atoms with E-state index >= 15 is 0 Å². The minimum atomic E-state index is 1.29. The minimum Gasteiger partial charge on any atom is -0.162 e. The zero-order valence-corrected chi connectivity index (χ0v) is 5.34. The SMILES string of the molecule is [CH]1CCCCSC1. The molecular weight excluding hydrogens is 104 g/mol. The van der Waals surface area contributed by atoms with Crippen molar-refractivity contribution in [1.29, 1.82) is 0 Å². The van der Waals surface area contributed by atoms with Gasteiger partial charge in [0.25, 0.3) is 0 Å². The van der Waals surface area contributed by atoms with Crippen molar-refractivity contribution < 1.29 is 0 Å². The molecule has 1 radical (unpaired) electrons. The molecule has 0 spiro atoms. The van der Waals surface area contributed by atoms with Crippen LogP contribution in [0.5, 0.6) is 0 Å². The molecule has 1 heteroatoms. The lowest BCUT2D eigenvalue weighted by atomic mass is 10.2. The summed E-state index contributed by atoms with van der Waals surface area (Å²) in [6, 6.07) is 0. The number of hydrogen-bond acceptors (Lipinski definition) is 1. The van der Waals surface area contributed by atoms with Crippen molar-refractivity contribution in [2.45, 2.75) is 19.3 Å². The van der Waals surface area contributed by atoms with Crippen molar-refractivity contribution in [3.8, 4) is 0 Å². The van der Waals surface area contributed by atoms with Crippen LogP contribution in [0.1, 0.15) is 19.3 Å². The Hall–Kier alpha value is 0.350. The summed E-state index contributed by atoms with van der Waals surface area (Å²) in [7, 11) is 0. The number of rotatable bonds is 0. The van der Waals surface area contributed by atoms with Gasteiger partial charge in [-0.15, -0.1) is 0 Å². The lowest BCUT2D eigenvalue weighted by Crippen LogP contribution is -1.73.